The summed E-state index contributed by atoms with van der Waals surface area (Å²) >= 11 is 3.46. The van der Waals surface area contributed by atoms with E-state index in [-0.39, 0.29) is 11.1 Å². The van der Waals surface area contributed by atoms with Gasteiger partial charge in [0, 0.05) is 22.6 Å². The Balaban J connectivity index is 1.56. The Kier molecular flexibility index (Phi) is 4.41. The zero-order valence-corrected chi connectivity index (χ0v) is 15.0. The van der Waals surface area contributed by atoms with Gasteiger partial charge in [-0.3, -0.25) is 0 Å². The van der Waals surface area contributed by atoms with Crippen molar-refractivity contribution in [3.8, 4) is 0 Å². The number of hydrogen-bond donors (Lipinski definition) is 0. The van der Waals surface area contributed by atoms with Crippen LogP contribution in [0.5, 0.6) is 0 Å². The fraction of sp³-hybridized carbons (Fsp3) is 0.333. The Morgan fingerprint density at radius 2 is 2.04 bits per heavy atom. The second-order valence-corrected chi connectivity index (χ2v) is 8.41. The van der Waals surface area contributed by atoms with Crippen molar-refractivity contribution in [2.75, 3.05) is 0 Å². The third-order valence-electron chi connectivity index (χ3n) is 4.18. The van der Waals surface area contributed by atoms with Crippen LogP contribution < -0.4 is 0 Å². The second kappa shape index (κ2) is 6.69. The van der Waals surface area contributed by atoms with E-state index in [0.717, 1.165) is 23.0 Å². The van der Waals surface area contributed by atoms with Crippen LogP contribution in [-0.2, 0) is 6.42 Å². The van der Waals surface area contributed by atoms with Gasteiger partial charge in [0.2, 0.25) is 0 Å². The molecule has 0 radical (unpaired) electrons. The fourth-order valence-electron chi connectivity index (χ4n) is 2.74. The van der Waals surface area contributed by atoms with E-state index in [0.29, 0.717) is 6.04 Å². The first-order valence-corrected chi connectivity index (χ1v) is 9.85. The van der Waals surface area contributed by atoms with Crippen molar-refractivity contribution in [1.29, 1.82) is 0 Å². The number of benzene rings is 1. The Bertz CT molecular complexity index is 807. The maximum absolute atomic E-state index is 13.1. The van der Waals surface area contributed by atoms with Gasteiger partial charge >= 0.3 is 0 Å². The normalized spacial score (nSPS) is 15.6. The molecule has 0 amide bonds. The van der Waals surface area contributed by atoms with Crippen LogP contribution in [0.3, 0.4) is 0 Å². The molecule has 2 aromatic heterocycles. The van der Waals surface area contributed by atoms with Crippen LogP contribution in [0.2, 0.25) is 0 Å². The van der Waals surface area contributed by atoms with Crippen molar-refractivity contribution in [3.63, 3.8) is 0 Å². The Morgan fingerprint density at radius 3 is 2.71 bits per heavy atom. The molecule has 1 atom stereocenters. The van der Waals surface area contributed by atoms with Crippen molar-refractivity contribution in [3.05, 3.63) is 63.9 Å². The van der Waals surface area contributed by atoms with Crippen LogP contribution in [0.1, 0.15) is 47.3 Å². The monoisotopic (exact) mass is 359 g/mol. The predicted molar refractivity (Wildman–Crippen MR) is 96.1 cm³/mol. The van der Waals surface area contributed by atoms with Gasteiger partial charge in [-0.25, -0.2) is 4.39 Å². The van der Waals surface area contributed by atoms with Gasteiger partial charge in [-0.2, -0.15) is 0 Å². The van der Waals surface area contributed by atoms with E-state index in [1.54, 1.807) is 23.1 Å². The number of nitrogens with zero attached hydrogens (tertiary/aromatic N) is 3. The number of rotatable bonds is 6. The third kappa shape index (κ3) is 3.39. The second-order valence-electron chi connectivity index (χ2n) is 6.07. The smallest absolute Gasteiger partial charge is 0.192 e. The number of aromatic nitrogens is 3. The Labute approximate surface area is 148 Å². The van der Waals surface area contributed by atoms with E-state index in [2.05, 4.69) is 39.2 Å². The summed E-state index contributed by atoms with van der Waals surface area (Å²) in [6.07, 6.45) is 3.24. The molecular formula is C18H18FN3S2. The highest BCUT2D eigenvalue weighted by Crippen LogP contribution is 2.42. The summed E-state index contributed by atoms with van der Waals surface area (Å²) in [5, 5.41) is 12.2. The van der Waals surface area contributed by atoms with Gasteiger partial charge in [-0.15, -0.1) is 21.5 Å². The molecule has 1 aromatic carbocycles. The van der Waals surface area contributed by atoms with Gasteiger partial charge in [0.1, 0.15) is 11.6 Å². The summed E-state index contributed by atoms with van der Waals surface area (Å²) in [5.74, 6) is 0.851. The maximum atomic E-state index is 13.1. The Morgan fingerprint density at radius 1 is 1.25 bits per heavy atom. The standard InChI is InChI=1S/C18H18FN3S2/c1-12(13-4-6-14(19)7-5-13)24-18-21-20-17(22(18)15-8-9-15)11-16-3-2-10-23-16/h2-7,10,12,15H,8-9,11H2,1H3/t12-/m0/s1. The average molecular weight is 359 g/mol. The molecule has 6 heteroatoms. The van der Waals surface area contributed by atoms with E-state index in [9.17, 15) is 4.39 Å². The maximum Gasteiger partial charge on any atom is 0.192 e. The number of hydrogen-bond acceptors (Lipinski definition) is 4. The molecule has 1 aliphatic rings. The molecular weight excluding hydrogens is 341 g/mol. The van der Waals surface area contributed by atoms with Gasteiger partial charge in [-0.05, 0) is 48.9 Å². The van der Waals surface area contributed by atoms with E-state index in [1.165, 1.54) is 29.9 Å². The van der Waals surface area contributed by atoms with Crippen LogP contribution in [-0.4, -0.2) is 14.8 Å². The molecule has 4 rings (SSSR count). The Hall–Kier alpha value is -1.66. The first-order chi connectivity index (χ1) is 11.7. The highest BCUT2D eigenvalue weighted by molar-refractivity contribution is 7.99. The minimum Gasteiger partial charge on any atom is -0.303 e. The molecule has 3 aromatic rings. The molecule has 1 aliphatic carbocycles. The summed E-state index contributed by atoms with van der Waals surface area (Å²) in [6, 6.07) is 11.5. The lowest BCUT2D eigenvalue weighted by Crippen LogP contribution is -2.04. The zero-order chi connectivity index (χ0) is 16.5. The van der Waals surface area contributed by atoms with Crippen molar-refractivity contribution in [1.82, 2.24) is 14.8 Å². The molecule has 0 N–H and O–H groups in total. The van der Waals surface area contributed by atoms with E-state index in [1.807, 2.05) is 12.1 Å². The lowest BCUT2D eigenvalue weighted by molar-refractivity contribution is 0.626. The molecule has 2 heterocycles. The van der Waals surface area contributed by atoms with E-state index < -0.39 is 0 Å². The van der Waals surface area contributed by atoms with Crippen LogP contribution in [0.15, 0.2) is 46.9 Å². The van der Waals surface area contributed by atoms with Crippen LogP contribution in [0.4, 0.5) is 4.39 Å². The van der Waals surface area contributed by atoms with Gasteiger partial charge in [0.15, 0.2) is 5.16 Å². The van der Waals surface area contributed by atoms with Gasteiger partial charge in [0.05, 0.1) is 0 Å². The molecule has 0 bridgehead atoms. The van der Waals surface area contributed by atoms with Crippen LogP contribution in [0, 0.1) is 5.82 Å². The molecule has 0 spiro atoms. The molecule has 3 nitrogen and oxygen atoms in total. The number of thioether (sulfide) groups is 1. The largest absolute Gasteiger partial charge is 0.303 e. The number of halogens is 1. The quantitative estimate of drug-likeness (QED) is 0.563. The first-order valence-electron chi connectivity index (χ1n) is 8.09. The van der Waals surface area contributed by atoms with Crippen molar-refractivity contribution >= 4 is 23.1 Å². The molecule has 124 valence electrons. The summed E-state index contributed by atoms with van der Waals surface area (Å²) in [5.41, 5.74) is 1.10. The van der Waals surface area contributed by atoms with Crippen LogP contribution in [0.25, 0.3) is 0 Å². The minimum atomic E-state index is -0.199. The van der Waals surface area contributed by atoms with E-state index in [4.69, 9.17) is 0 Å². The van der Waals surface area contributed by atoms with E-state index >= 15 is 0 Å². The predicted octanol–water partition coefficient (Wildman–Crippen LogP) is 5.26. The molecule has 0 aliphatic heterocycles. The molecule has 24 heavy (non-hydrogen) atoms. The van der Waals surface area contributed by atoms with Gasteiger partial charge < -0.3 is 4.57 Å². The fourth-order valence-corrected chi connectivity index (χ4v) is 4.50. The summed E-state index contributed by atoms with van der Waals surface area (Å²) < 4.78 is 15.4. The average Bonchev–Trinajstić information content (AvgIpc) is 3.13. The summed E-state index contributed by atoms with van der Waals surface area (Å²) in [4.78, 5) is 1.31. The van der Waals surface area contributed by atoms with Gasteiger partial charge in [0.25, 0.3) is 0 Å². The topological polar surface area (TPSA) is 30.7 Å². The highest BCUT2D eigenvalue weighted by atomic mass is 32.2. The summed E-state index contributed by atoms with van der Waals surface area (Å²) in [7, 11) is 0. The van der Waals surface area contributed by atoms with Crippen molar-refractivity contribution < 1.29 is 4.39 Å². The minimum absolute atomic E-state index is 0.199. The molecule has 1 saturated carbocycles. The zero-order valence-electron chi connectivity index (χ0n) is 13.4. The lowest BCUT2D eigenvalue weighted by atomic mass is 10.2. The first kappa shape index (κ1) is 15.8. The van der Waals surface area contributed by atoms with Crippen LogP contribution >= 0.6 is 23.1 Å². The van der Waals surface area contributed by atoms with Crippen molar-refractivity contribution in [2.24, 2.45) is 0 Å². The molecule has 0 unspecified atom stereocenters. The SMILES string of the molecule is C[C@H](Sc1nnc(Cc2cccs2)n1C1CC1)c1ccc(F)cc1. The molecule has 1 fully saturated rings. The number of thiophene rings is 1. The van der Waals surface area contributed by atoms with Crippen molar-refractivity contribution in [2.45, 2.75) is 42.6 Å². The lowest BCUT2D eigenvalue weighted by Gasteiger charge is -2.13. The molecule has 0 saturated heterocycles. The third-order valence-corrected chi connectivity index (χ3v) is 6.17. The van der Waals surface area contributed by atoms with Gasteiger partial charge in [-0.1, -0.05) is 30.0 Å². The highest BCUT2D eigenvalue weighted by Gasteiger charge is 2.30. The summed E-state index contributed by atoms with van der Waals surface area (Å²) in [6.45, 7) is 2.13.